The molecule has 1 fully saturated rings. The lowest BCUT2D eigenvalue weighted by Gasteiger charge is -2.15. The zero-order valence-corrected chi connectivity index (χ0v) is 10.4. The lowest BCUT2D eigenvalue weighted by Crippen LogP contribution is -2.28. The van der Waals surface area contributed by atoms with Crippen molar-refractivity contribution < 1.29 is 9.59 Å². The van der Waals surface area contributed by atoms with Gasteiger partial charge in [-0.25, -0.2) is 0 Å². The molecule has 1 aromatic heterocycles. The largest absolute Gasteiger partial charge is 0.342 e. The average Bonchev–Trinajstić information content (AvgIpc) is 2.73. The molecule has 1 aliphatic rings. The van der Waals surface area contributed by atoms with Crippen molar-refractivity contribution in [2.75, 3.05) is 18.4 Å². The number of pyridine rings is 1. The van der Waals surface area contributed by atoms with Crippen molar-refractivity contribution in [2.24, 2.45) is 5.92 Å². The zero-order valence-electron chi connectivity index (χ0n) is 10.4. The van der Waals surface area contributed by atoms with E-state index in [1.807, 2.05) is 6.92 Å². The van der Waals surface area contributed by atoms with Gasteiger partial charge in [-0.3, -0.25) is 14.6 Å². The van der Waals surface area contributed by atoms with Gasteiger partial charge >= 0.3 is 0 Å². The van der Waals surface area contributed by atoms with Crippen LogP contribution >= 0.6 is 0 Å². The summed E-state index contributed by atoms with van der Waals surface area (Å²) in [4.78, 5) is 29.3. The first kappa shape index (κ1) is 12.5. The predicted octanol–water partition coefficient (Wildman–Crippen LogP) is 1.28. The second kappa shape index (κ2) is 5.62. The summed E-state index contributed by atoms with van der Waals surface area (Å²) >= 11 is 0. The zero-order chi connectivity index (χ0) is 13.0. The van der Waals surface area contributed by atoms with Crippen molar-refractivity contribution in [3.05, 3.63) is 24.5 Å². The summed E-state index contributed by atoms with van der Waals surface area (Å²) in [5.74, 6) is -0.253. The molecule has 2 heterocycles. The normalized spacial score (nSPS) is 19.1. The van der Waals surface area contributed by atoms with Crippen LogP contribution in [0.3, 0.4) is 0 Å². The predicted molar refractivity (Wildman–Crippen MR) is 67.8 cm³/mol. The quantitative estimate of drug-likeness (QED) is 0.871. The fourth-order valence-electron chi connectivity index (χ4n) is 2.11. The molecule has 0 saturated carbocycles. The van der Waals surface area contributed by atoms with Gasteiger partial charge in [-0.2, -0.15) is 0 Å². The highest BCUT2D eigenvalue weighted by atomic mass is 16.2. The number of likely N-dealkylation sites (tertiary alicyclic amines) is 1. The fourth-order valence-corrected chi connectivity index (χ4v) is 2.11. The van der Waals surface area contributed by atoms with Crippen LogP contribution in [-0.2, 0) is 9.59 Å². The first-order valence-corrected chi connectivity index (χ1v) is 6.19. The lowest BCUT2D eigenvalue weighted by atomic mass is 10.1. The van der Waals surface area contributed by atoms with Crippen LogP contribution in [0.1, 0.15) is 19.8 Å². The maximum Gasteiger partial charge on any atom is 0.229 e. The monoisotopic (exact) mass is 247 g/mol. The Hall–Kier alpha value is -1.91. The summed E-state index contributed by atoms with van der Waals surface area (Å²) in [6, 6.07) is 3.47. The van der Waals surface area contributed by atoms with Crippen LogP contribution in [0.15, 0.2) is 24.5 Å². The van der Waals surface area contributed by atoms with Gasteiger partial charge in [0.1, 0.15) is 0 Å². The molecule has 0 spiro atoms. The Bertz CT molecular complexity index is 433. The van der Waals surface area contributed by atoms with Crippen molar-refractivity contribution in [2.45, 2.75) is 19.8 Å². The van der Waals surface area contributed by atoms with Crippen molar-refractivity contribution in [3.8, 4) is 0 Å². The summed E-state index contributed by atoms with van der Waals surface area (Å²) in [5, 5.41) is 2.81. The third-order valence-corrected chi connectivity index (χ3v) is 3.03. The van der Waals surface area contributed by atoms with Gasteiger partial charge in [0.05, 0.1) is 5.92 Å². The molecule has 0 radical (unpaired) electrons. The SMILES string of the molecule is CCCN1C[C@@H](C(=O)Nc2ccncc2)CC1=O. The number of carbonyl (C=O) groups excluding carboxylic acids is 2. The highest BCUT2D eigenvalue weighted by molar-refractivity contribution is 5.97. The van der Waals surface area contributed by atoms with E-state index in [4.69, 9.17) is 0 Å². The van der Waals surface area contributed by atoms with Gasteiger partial charge in [0.2, 0.25) is 11.8 Å². The number of amides is 2. The maximum absolute atomic E-state index is 12.0. The molecule has 1 aromatic rings. The molecule has 2 amide bonds. The number of hydrogen-bond acceptors (Lipinski definition) is 3. The molecular weight excluding hydrogens is 230 g/mol. The number of nitrogens with zero attached hydrogens (tertiary/aromatic N) is 2. The number of aromatic nitrogens is 1. The van der Waals surface area contributed by atoms with Crippen molar-refractivity contribution in [1.82, 2.24) is 9.88 Å². The van der Waals surface area contributed by atoms with Crippen molar-refractivity contribution >= 4 is 17.5 Å². The second-order valence-corrected chi connectivity index (χ2v) is 4.47. The molecule has 96 valence electrons. The molecule has 0 bridgehead atoms. The van der Waals surface area contributed by atoms with Crippen LogP contribution in [-0.4, -0.2) is 34.8 Å². The van der Waals surface area contributed by atoms with E-state index in [-0.39, 0.29) is 17.7 Å². The molecule has 1 aliphatic heterocycles. The third-order valence-electron chi connectivity index (χ3n) is 3.03. The molecule has 0 aliphatic carbocycles. The number of anilines is 1. The Morgan fingerprint density at radius 2 is 2.22 bits per heavy atom. The average molecular weight is 247 g/mol. The van der Waals surface area contributed by atoms with E-state index in [0.717, 1.165) is 18.7 Å². The molecular formula is C13H17N3O2. The summed E-state index contributed by atoms with van der Waals surface area (Å²) in [6.45, 7) is 3.29. The molecule has 0 aromatic carbocycles. The van der Waals surface area contributed by atoms with Crippen LogP contribution in [0.5, 0.6) is 0 Å². The van der Waals surface area contributed by atoms with Crippen LogP contribution in [0.4, 0.5) is 5.69 Å². The summed E-state index contributed by atoms with van der Waals surface area (Å²) in [5.41, 5.74) is 0.719. The minimum absolute atomic E-state index is 0.0757. The highest BCUT2D eigenvalue weighted by Gasteiger charge is 2.33. The molecule has 1 atom stereocenters. The first-order valence-electron chi connectivity index (χ1n) is 6.19. The number of nitrogens with one attached hydrogen (secondary N) is 1. The van der Waals surface area contributed by atoms with Crippen LogP contribution < -0.4 is 5.32 Å². The van der Waals surface area contributed by atoms with Gasteiger partial charge in [0, 0.05) is 37.6 Å². The van der Waals surface area contributed by atoms with Gasteiger partial charge in [0.25, 0.3) is 0 Å². The standard InChI is InChI=1S/C13H17N3O2/c1-2-7-16-9-10(8-12(16)17)13(18)15-11-3-5-14-6-4-11/h3-6,10H,2,7-9H2,1H3,(H,14,15,18)/t10-/m0/s1. The summed E-state index contributed by atoms with van der Waals surface area (Å²) in [6.07, 6.45) is 4.49. The van der Waals surface area contributed by atoms with E-state index in [0.29, 0.717) is 13.0 Å². The molecule has 2 rings (SSSR count). The van der Waals surface area contributed by atoms with Crippen LogP contribution in [0.25, 0.3) is 0 Å². The van der Waals surface area contributed by atoms with Gasteiger partial charge in [-0.05, 0) is 18.6 Å². The van der Waals surface area contributed by atoms with E-state index in [9.17, 15) is 9.59 Å². The van der Waals surface area contributed by atoms with E-state index in [2.05, 4.69) is 10.3 Å². The topological polar surface area (TPSA) is 62.3 Å². The van der Waals surface area contributed by atoms with E-state index < -0.39 is 0 Å². The van der Waals surface area contributed by atoms with Crippen LogP contribution in [0.2, 0.25) is 0 Å². The van der Waals surface area contributed by atoms with Crippen LogP contribution in [0, 0.1) is 5.92 Å². The minimum Gasteiger partial charge on any atom is -0.342 e. The number of hydrogen-bond donors (Lipinski definition) is 1. The van der Waals surface area contributed by atoms with Gasteiger partial charge < -0.3 is 10.2 Å². The highest BCUT2D eigenvalue weighted by Crippen LogP contribution is 2.19. The first-order chi connectivity index (χ1) is 8.70. The number of carbonyl (C=O) groups is 2. The third kappa shape index (κ3) is 2.85. The Labute approximate surface area is 106 Å². The van der Waals surface area contributed by atoms with Crippen molar-refractivity contribution in [1.29, 1.82) is 0 Å². The van der Waals surface area contributed by atoms with Crippen molar-refractivity contribution in [3.63, 3.8) is 0 Å². The fraction of sp³-hybridized carbons (Fsp3) is 0.462. The molecule has 5 heteroatoms. The summed E-state index contributed by atoms with van der Waals surface area (Å²) in [7, 11) is 0. The lowest BCUT2D eigenvalue weighted by molar-refractivity contribution is -0.128. The molecule has 0 unspecified atom stereocenters. The second-order valence-electron chi connectivity index (χ2n) is 4.47. The Morgan fingerprint density at radius 1 is 1.50 bits per heavy atom. The van der Waals surface area contributed by atoms with E-state index in [1.54, 1.807) is 29.4 Å². The Morgan fingerprint density at radius 3 is 2.89 bits per heavy atom. The molecule has 1 saturated heterocycles. The smallest absolute Gasteiger partial charge is 0.229 e. The van der Waals surface area contributed by atoms with Gasteiger partial charge in [0.15, 0.2) is 0 Å². The van der Waals surface area contributed by atoms with E-state index in [1.165, 1.54) is 0 Å². The minimum atomic E-state index is -0.239. The molecule has 5 nitrogen and oxygen atoms in total. The summed E-state index contributed by atoms with van der Waals surface area (Å²) < 4.78 is 0. The number of rotatable bonds is 4. The Kier molecular flexibility index (Phi) is 3.92. The Balaban J connectivity index is 1.93. The van der Waals surface area contributed by atoms with Gasteiger partial charge in [-0.15, -0.1) is 0 Å². The van der Waals surface area contributed by atoms with E-state index >= 15 is 0 Å². The van der Waals surface area contributed by atoms with Gasteiger partial charge in [-0.1, -0.05) is 6.92 Å². The maximum atomic E-state index is 12.0. The molecule has 18 heavy (non-hydrogen) atoms. The molecule has 1 N–H and O–H groups in total.